The number of aryl methyl sites for hydroxylation is 1. The van der Waals surface area contributed by atoms with Gasteiger partial charge in [0.05, 0.1) is 5.41 Å². The fourth-order valence-electron chi connectivity index (χ4n) is 5.64. The third kappa shape index (κ3) is 3.69. The van der Waals surface area contributed by atoms with E-state index in [-0.39, 0.29) is 28.7 Å². The molecule has 1 aromatic rings. The Morgan fingerprint density at radius 3 is 2.53 bits per heavy atom. The van der Waals surface area contributed by atoms with Crippen molar-refractivity contribution in [3.8, 4) is 0 Å². The van der Waals surface area contributed by atoms with Crippen molar-refractivity contribution in [3.63, 3.8) is 0 Å². The Morgan fingerprint density at radius 2 is 1.87 bits per heavy atom. The van der Waals surface area contributed by atoms with Gasteiger partial charge in [-0.3, -0.25) is 4.79 Å². The van der Waals surface area contributed by atoms with E-state index in [1.165, 1.54) is 6.42 Å². The van der Waals surface area contributed by atoms with Crippen LogP contribution in [0.2, 0.25) is 0 Å². The first-order valence-electron chi connectivity index (χ1n) is 11.5. The summed E-state index contributed by atoms with van der Waals surface area (Å²) < 4.78 is 5.88. The maximum absolute atomic E-state index is 13.4. The molecule has 3 aliphatic rings. The number of rotatable bonds is 4. The van der Waals surface area contributed by atoms with Gasteiger partial charge in [0.15, 0.2) is 0 Å². The zero-order valence-corrected chi connectivity index (χ0v) is 18.6. The van der Waals surface area contributed by atoms with Crippen molar-refractivity contribution in [1.29, 1.82) is 0 Å². The summed E-state index contributed by atoms with van der Waals surface area (Å²) >= 11 is 0. The fraction of sp³-hybridized carbons (Fsp3) is 0.818. The van der Waals surface area contributed by atoms with Gasteiger partial charge in [-0.15, -0.1) is 10.2 Å². The number of carbonyl (C=O) groups is 2. The Bertz CT molecular complexity index is 787. The number of hydrogen-bond donors (Lipinski definition) is 1. The molecule has 4 rings (SSSR count). The highest BCUT2D eigenvalue weighted by molar-refractivity contribution is 5.82. The van der Waals surface area contributed by atoms with Crippen LogP contribution in [0.25, 0.3) is 0 Å². The maximum atomic E-state index is 13.4. The molecule has 1 aliphatic carbocycles. The van der Waals surface area contributed by atoms with E-state index < -0.39 is 0 Å². The van der Waals surface area contributed by atoms with Crippen molar-refractivity contribution in [1.82, 2.24) is 25.3 Å². The summed E-state index contributed by atoms with van der Waals surface area (Å²) in [7, 11) is 0. The summed E-state index contributed by atoms with van der Waals surface area (Å²) in [6.45, 7) is 9.13. The van der Waals surface area contributed by atoms with E-state index in [2.05, 4.69) is 22.4 Å². The summed E-state index contributed by atoms with van der Waals surface area (Å²) in [5.74, 6) is 1.55. The highest BCUT2D eigenvalue weighted by Crippen LogP contribution is 2.46. The average molecular weight is 418 g/mol. The molecule has 1 N–H and O–H groups in total. The molecule has 1 saturated carbocycles. The van der Waals surface area contributed by atoms with Crippen LogP contribution in [0.3, 0.4) is 0 Å². The number of nitrogens with one attached hydrogen (secondary N) is 1. The van der Waals surface area contributed by atoms with E-state index in [1.807, 2.05) is 16.7 Å². The fourth-order valence-corrected chi connectivity index (χ4v) is 5.64. The zero-order chi connectivity index (χ0) is 21.4. The van der Waals surface area contributed by atoms with Gasteiger partial charge in [0.1, 0.15) is 0 Å². The second-order valence-corrected chi connectivity index (χ2v) is 9.71. The average Bonchev–Trinajstić information content (AvgIpc) is 3.36. The molecule has 2 atom stereocenters. The van der Waals surface area contributed by atoms with Crippen LogP contribution in [0.15, 0.2) is 4.42 Å². The first-order valence-corrected chi connectivity index (χ1v) is 11.5. The monoisotopic (exact) mass is 417 g/mol. The second kappa shape index (κ2) is 8.19. The maximum Gasteiger partial charge on any atom is 0.317 e. The molecule has 2 aliphatic heterocycles. The van der Waals surface area contributed by atoms with Crippen LogP contribution in [0, 0.1) is 18.3 Å². The Hall–Kier alpha value is -2.12. The molecule has 8 nitrogen and oxygen atoms in total. The van der Waals surface area contributed by atoms with Gasteiger partial charge in [0.25, 0.3) is 0 Å². The van der Waals surface area contributed by atoms with Gasteiger partial charge in [0.2, 0.25) is 17.7 Å². The second-order valence-electron chi connectivity index (χ2n) is 9.71. The minimum absolute atomic E-state index is 0.0426. The van der Waals surface area contributed by atoms with Crippen molar-refractivity contribution < 1.29 is 14.0 Å². The molecule has 0 spiro atoms. The Balaban J connectivity index is 1.55. The first-order chi connectivity index (χ1) is 14.4. The minimum atomic E-state index is -0.366. The lowest BCUT2D eigenvalue weighted by atomic mass is 9.70. The third-order valence-electron chi connectivity index (χ3n) is 7.49. The van der Waals surface area contributed by atoms with Crippen LogP contribution < -0.4 is 5.32 Å². The molecular weight excluding hydrogens is 382 g/mol. The van der Waals surface area contributed by atoms with Gasteiger partial charge in [-0.25, -0.2) is 4.79 Å². The molecule has 0 aromatic carbocycles. The van der Waals surface area contributed by atoms with Crippen LogP contribution >= 0.6 is 0 Å². The number of piperidine rings is 1. The molecule has 3 heterocycles. The highest BCUT2D eigenvalue weighted by Gasteiger charge is 2.56. The number of hydrogen-bond acceptors (Lipinski definition) is 5. The topological polar surface area (TPSA) is 91.6 Å². The highest BCUT2D eigenvalue weighted by atomic mass is 16.4. The number of carbonyl (C=O) groups excluding carboxylic acids is 2. The third-order valence-corrected chi connectivity index (χ3v) is 7.49. The number of aromatic nitrogens is 2. The molecule has 0 radical (unpaired) electrons. The van der Waals surface area contributed by atoms with Gasteiger partial charge < -0.3 is 19.5 Å². The molecule has 0 unspecified atom stereocenters. The van der Waals surface area contributed by atoms with Gasteiger partial charge in [0, 0.05) is 51.0 Å². The number of amides is 3. The lowest BCUT2D eigenvalue weighted by Crippen LogP contribution is -2.54. The van der Waals surface area contributed by atoms with E-state index in [4.69, 9.17) is 4.42 Å². The molecule has 3 fully saturated rings. The van der Waals surface area contributed by atoms with Gasteiger partial charge >= 0.3 is 6.03 Å². The summed E-state index contributed by atoms with van der Waals surface area (Å²) in [6.07, 6.45) is 7.11. The van der Waals surface area contributed by atoms with Crippen LogP contribution in [-0.4, -0.2) is 64.7 Å². The smallest absolute Gasteiger partial charge is 0.317 e. The lowest BCUT2D eigenvalue weighted by Gasteiger charge is -2.44. The van der Waals surface area contributed by atoms with Gasteiger partial charge in [-0.1, -0.05) is 33.1 Å². The van der Waals surface area contributed by atoms with Gasteiger partial charge in [-0.2, -0.15) is 0 Å². The van der Waals surface area contributed by atoms with Crippen LogP contribution in [0.4, 0.5) is 4.79 Å². The minimum Gasteiger partial charge on any atom is -0.425 e. The quantitative estimate of drug-likeness (QED) is 0.813. The van der Waals surface area contributed by atoms with Crippen molar-refractivity contribution >= 4 is 11.9 Å². The Kier molecular flexibility index (Phi) is 5.77. The standard InChI is InChI=1S/C22H35N5O3/c1-4-11-23-20(29)27-14-17-13-26(19(28)21(3)8-6-5-7-9-21)12-10-22(17,15-27)18-25-24-16(2)30-18/h17H,4-15H2,1-3H3,(H,23,29)/t17-,22-/m0/s1. The molecule has 30 heavy (non-hydrogen) atoms. The van der Waals surface area contributed by atoms with Crippen LogP contribution in [0.5, 0.6) is 0 Å². The summed E-state index contributed by atoms with van der Waals surface area (Å²) in [4.78, 5) is 30.1. The van der Waals surface area contributed by atoms with E-state index in [0.29, 0.717) is 44.5 Å². The normalized spacial score (nSPS) is 28.3. The zero-order valence-electron chi connectivity index (χ0n) is 18.6. The molecule has 0 bridgehead atoms. The van der Waals surface area contributed by atoms with E-state index in [1.54, 1.807) is 6.92 Å². The van der Waals surface area contributed by atoms with E-state index in [0.717, 1.165) is 38.5 Å². The Labute approximate surface area is 178 Å². The van der Waals surface area contributed by atoms with Crippen LogP contribution in [0.1, 0.15) is 70.6 Å². The Morgan fingerprint density at radius 1 is 1.13 bits per heavy atom. The first kappa shape index (κ1) is 21.1. The van der Waals surface area contributed by atoms with Crippen LogP contribution in [-0.2, 0) is 10.2 Å². The van der Waals surface area contributed by atoms with Crippen molar-refractivity contribution in [2.75, 3.05) is 32.7 Å². The van der Waals surface area contributed by atoms with Crippen molar-refractivity contribution in [2.45, 2.75) is 71.1 Å². The summed E-state index contributed by atoms with van der Waals surface area (Å²) in [5.41, 5.74) is -0.606. The van der Waals surface area contributed by atoms with E-state index in [9.17, 15) is 9.59 Å². The van der Waals surface area contributed by atoms with Gasteiger partial charge in [-0.05, 0) is 25.7 Å². The predicted octanol–water partition coefficient (Wildman–Crippen LogP) is 2.87. The number of nitrogens with zero attached hydrogens (tertiary/aromatic N) is 4. The number of urea groups is 1. The van der Waals surface area contributed by atoms with Crippen molar-refractivity contribution in [3.05, 3.63) is 11.8 Å². The molecule has 8 heteroatoms. The summed E-state index contributed by atoms with van der Waals surface area (Å²) in [5, 5.41) is 11.4. The molecule has 3 amide bonds. The van der Waals surface area contributed by atoms with Crippen molar-refractivity contribution in [2.24, 2.45) is 11.3 Å². The number of likely N-dealkylation sites (tertiary alicyclic amines) is 2. The molecule has 2 saturated heterocycles. The molecule has 166 valence electrons. The number of fused-ring (bicyclic) bond motifs is 1. The predicted molar refractivity (Wildman–Crippen MR) is 112 cm³/mol. The SMILES string of the molecule is CCCNC(=O)N1C[C@@H]2CN(C(=O)C3(C)CCCCC3)CC[C@]2(c2nnc(C)o2)C1. The molecular formula is C22H35N5O3. The van der Waals surface area contributed by atoms with E-state index >= 15 is 0 Å². The summed E-state index contributed by atoms with van der Waals surface area (Å²) in [6, 6.07) is -0.0426. The molecule has 1 aromatic heterocycles. The lowest BCUT2D eigenvalue weighted by molar-refractivity contribution is -0.146. The largest absolute Gasteiger partial charge is 0.425 e.